The van der Waals surface area contributed by atoms with Crippen LogP contribution in [0.25, 0.3) is 0 Å². The molecule has 0 aliphatic heterocycles. The fraction of sp³-hybridized carbons (Fsp3) is 0.538. The zero-order valence-corrected chi connectivity index (χ0v) is 10.2. The van der Waals surface area contributed by atoms with E-state index in [4.69, 9.17) is 9.84 Å². The lowest BCUT2D eigenvalue weighted by Gasteiger charge is -2.14. The average molecular weight is 239 g/mol. The highest BCUT2D eigenvalue weighted by Gasteiger charge is 2.06. The number of ether oxygens (including phenoxy) is 1. The van der Waals surface area contributed by atoms with E-state index in [0.717, 1.165) is 17.9 Å². The Morgan fingerprint density at radius 1 is 1.35 bits per heavy atom. The standard InChI is InChI=1S/C13H21NO3/c1-2-14-9-12(16)10-17-13-6-4-3-5-11(13)7-8-15/h3-6,12,14-16H,2,7-10H2,1H3. The van der Waals surface area contributed by atoms with E-state index in [1.807, 2.05) is 31.2 Å². The van der Waals surface area contributed by atoms with Crippen LogP contribution >= 0.6 is 0 Å². The maximum atomic E-state index is 9.63. The molecule has 0 aliphatic rings. The first-order chi connectivity index (χ1) is 8.27. The zero-order valence-electron chi connectivity index (χ0n) is 10.2. The average Bonchev–Trinajstić information content (AvgIpc) is 2.35. The Kier molecular flexibility index (Phi) is 6.62. The lowest BCUT2D eigenvalue weighted by atomic mass is 10.1. The van der Waals surface area contributed by atoms with Gasteiger partial charge < -0.3 is 20.3 Å². The fourth-order valence-electron chi connectivity index (χ4n) is 1.53. The largest absolute Gasteiger partial charge is 0.491 e. The Bertz CT molecular complexity index is 317. The molecule has 0 aromatic heterocycles. The molecule has 4 heteroatoms. The van der Waals surface area contributed by atoms with Crippen LogP contribution in [0, 0.1) is 0 Å². The molecule has 1 atom stereocenters. The van der Waals surface area contributed by atoms with Crippen LogP contribution < -0.4 is 10.1 Å². The van der Waals surface area contributed by atoms with Gasteiger partial charge in [-0.2, -0.15) is 0 Å². The third kappa shape index (κ3) is 5.17. The molecule has 0 bridgehead atoms. The minimum absolute atomic E-state index is 0.0975. The molecule has 0 heterocycles. The van der Waals surface area contributed by atoms with E-state index in [1.54, 1.807) is 0 Å². The van der Waals surface area contributed by atoms with Crippen molar-refractivity contribution in [1.29, 1.82) is 0 Å². The molecule has 3 N–H and O–H groups in total. The van der Waals surface area contributed by atoms with Gasteiger partial charge in [0.1, 0.15) is 18.5 Å². The maximum Gasteiger partial charge on any atom is 0.122 e. The lowest BCUT2D eigenvalue weighted by molar-refractivity contribution is 0.106. The highest BCUT2D eigenvalue weighted by molar-refractivity contribution is 5.33. The van der Waals surface area contributed by atoms with Crippen molar-refractivity contribution in [1.82, 2.24) is 5.32 Å². The summed E-state index contributed by atoms with van der Waals surface area (Å²) in [5.41, 5.74) is 0.964. The van der Waals surface area contributed by atoms with Crippen LogP contribution in [0.1, 0.15) is 12.5 Å². The summed E-state index contributed by atoms with van der Waals surface area (Å²) in [6.45, 7) is 3.71. The second-order valence-corrected chi connectivity index (χ2v) is 3.85. The molecule has 96 valence electrons. The summed E-state index contributed by atoms with van der Waals surface area (Å²) in [4.78, 5) is 0. The van der Waals surface area contributed by atoms with Gasteiger partial charge in [0.15, 0.2) is 0 Å². The van der Waals surface area contributed by atoms with Gasteiger partial charge in [-0.25, -0.2) is 0 Å². The van der Waals surface area contributed by atoms with E-state index in [2.05, 4.69) is 5.32 Å². The molecule has 0 fully saturated rings. The molecule has 0 aliphatic carbocycles. The van der Waals surface area contributed by atoms with E-state index in [0.29, 0.717) is 13.0 Å². The summed E-state index contributed by atoms with van der Waals surface area (Å²) in [5.74, 6) is 0.733. The summed E-state index contributed by atoms with van der Waals surface area (Å²) < 4.78 is 5.55. The molecule has 4 nitrogen and oxygen atoms in total. The molecular formula is C13H21NO3. The van der Waals surface area contributed by atoms with Crippen molar-refractivity contribution in [2.75, 3.05) is 26.3 Å². The number of nitrogens with one attached hydrogen (secondary N) is 1. The number of aliphatic hydroxyl groups excluding tert-OH is 2. The summed E-state index contributed by atoms with van der Waals surface area (Å²) in [7, 11) is 0. The minimum atomic E-state index is -0.517. The van der Waals surface area contributed by atoms with Gasteiger partial charge in [0, 0.05) is 13.2 Å². The van der Waals surface area contributed by atoms with E-state index in [1.165, 1.54) is 0 Å². The second-order valence-electron chi connectivity index (χ2n) is 3.85. The van der Waals surface area contributed by atoms with E-state index >= 15 is 0 Å². The van der Waals surface area contributed by atoms with Crippen LogP contribution in [-0.2, 0) is 6.42 Å². The smallest absolute Gasteiger partial charge is 0.122 e. The summed E-state index contributed by atoms with van der Waals surface area (Å²) in [5, 5.41) is 21.6. The molecule has 1 aromatic carbocycles. The SMILES string of the molecule is CCNCC(O)COc1ccccc1CCO. The third-order valence-corrected chi connectivity index (χ3v) is 2.41. The molecule has 0 spiro atoms. The number of benzene rings is 1. The molecule has 0 saturated heterocycles. The van der Waals surface area contributed by atoms with Gasteiger partial charge in [-0.3, -0.25) is 0 Å². The van der Waals surface area contributed by atoms with Gasteiger partial charge >= 0.3 is 0 Å². The Morgan fingerprint density at radius 2 is 2.12 bits per heavy atom. The van der Waals surface area contributed by atoms with Crippen LogP contribution in [0.3, 0.4) is 0 Å². The highest BCUT2D eigenvalue weighted by atomic mass is 16.5. The van der Waals surface area contributed by atoms with Gasteiger partial charge in [-0.15, -0.1) is 0 Å². The van der Waals surface area contributed by atoms with Gasteiger partial charge in [0.25, 0.3) is 0 Å². The number of hydrogen-bond donors (Lipinski definition) is 3. The molecule has 0 saturated carbocycles. The van der Waals surface area contributed by atoms with Gasteiger partial charge in [-0.05, 0) is 24.6 Å². The number of hydrogen-bond acceptors (Lipinski definition) is 4. The van der Waals surface area contributed by atoms with Crippen LogP contribution in [0.2, 0.25) is 0 Å². The zero-order chi connectivity index (χ0) is 12.5. The molecule has 1 unspecified atom stereocenters. The quantitative estimate of drug-likeness (QED) is 0.620. The van der Waals surface area contributed by atoms with Crippen LogP contribution in [0.5, 0.6) is 5.75 Å². The Labute approximate surface area is 102 Å². The lowest BCUT2D eigenvalue weighted by Crippen LogP contribution is -2.31. The van der Waals surface area contributed by atoms with Crippen molar-refractivity contribution >= 4 is 0 Å². The maximum absolute atomic E-state index is 9.63. The predicted molar refractivity (Wildman–Crippen MR) is 67.3 cm³/mol. The topological polar surface area (TPSA) is 61.7 Å². The summed E-state index contributed by atoms with van der Waals surface area (Å²) in [6.07, 6.45) is 0.0524. The van der Waals surface area contributed by atoms with Crippen molar-refractivity contribution in [2.24, 2.45) is 0 Å². The first-order valence-electron chi connectivity index (χ1n) is 5.98. The predicted octanol–water partition coefficient (Wildman–Crippen LogP) is 0.571. The molecule has 0 radical (unpaired) electrons. The van der Waals surface area contributed by atoms with Crippen molar-refractivity contribution in [3.8, 4) is 5.75 Å². The van der Waals surface area contributed by atoms with Gasteiger partial charge in [-0.1, -0.05) is 25.1 Å². The molecule has 17 heavy (non-hydrogen) atoms. The fourth-order valence-corrected chi connectivity index (χ4v) is 1.53. The first kappa shape index (κ1) is 14.0. The number of para-hydroxylation sites is 1. The normalized spacial score (nSPS) is 12.4. The van der Waals surface area contributed by atoms with E-state index in [9.17, 15) is 5.11 Å². The van der Waals surface area contributed by atoms with Gasteiger partial charge in [0.2, 0.25) is 0 Å². The van der Waals surface area contributed by atoms with E-state index in [-0.39, 0.29) is 13.2 Å². The van der Waals surface area contributed by atoms with Crippen molar-refractivity contribution in [3.05, 3.63) is 29.8 Å². The monoisotopic (exact) mass is 239 g/mol. The molecule has 0 amide bonds. The Morgan fingerprint density at radius 3 is 2.82 bits per heavy atom. The summed E-state index contributed by atoms with van der Waals surface area (Å²) >= 11 is 0. The highest BCUT2D eigenvalue weighted by Crippen LogP contribution is 2.18. The number of aliphatic hydroxyl groups is 2. The molecule has 1 rings (SSSR count). The summed E-state index contributed by atoms with van der Waals surface area (Å²) in [6, 6.07) is 7.56. The minimum Gasteiger partial charge on any atom is -0.491 e. The van der Waals surface area contributed by atoms with Crippen LogP contribution in [0.4, 0.5) is 0 Å². The number of rotatable bonds is 8. The van der Waals surface area contributed by atoms with Crippen molar-refractivity contribution in [2.45, 2.75) is 19.4 Å². The molecule has 1 aromatic rings. The van der Waals surface area contributed by atoms with Crippen LogP contribution in [-0.4, -0.2) is 42.6 Å². The van der Waals surface area contributed by atoms with Crippen molar-refractivity contribution in [3.63, 3.8) is 0 Å². The third-order valence-electron chi connectivity index (χ3n) is 2.41. The number of likely N-dealkylation sites (N-methyl/N-ethyl adjacent to an activating group) is 1. The Hall–Kier alpha value is -1.10. The second kappa shape index (κ2) is 8.06. The van der Waals surface area contributed by atoms with E-state index < -0.39 is 6.10 Å². The van der Waals surface area contributed by atoms with Gasteiger partial charge in [0.05, 0.1) is 0 Å². The van der Waals surface area contributed by atoms with Crippen molar-refractivity contribution < 1.29 is 14.9 Å². The Balaban J connectivity index is 2.44. The first-order valence-corrected chi connectivity index (χ1v) is 5.98. The van der Waals surface area contributed by atoms with Crippen LogP contribution in [0.15, 0.2) is 24.3 Å². The molecular weight excluding hydrogens is 218 g/mol.